The van der Waals surface area contributed by atoms with E-state index in [2.05, 4.69) is 26.6 Å². The van der Waals surface area contributed by atoms with Crippen molar-refractivity contribution in [1.82, 2.24) is 31.2 Å². The number of hydrogen-bond acceptors (Lipinski definition) is 19. The van der Waals surface area contributed by atoms with Gasteiger partial charge in [0.05, 0.1) is 42.7 Å². The molecule has 27 nitrogen and oxygen atoms in total. The molecule has 4 heterocycles. The Bertz CT molecular complexity index is 3170. The van der Waals surface area contributed by atoms with Crippen LogP contribution in [-0.2, 0) is 74.7 Å². The molecule has 3 fully saturated rings. The van der Waals surface area contributed by atoms with Crippen molar-refractivity contribution in [3.05, 3.63) is 75.8 Å². The summed E-state index contributed by atoms with van der Waals surface area (Å²) in [5.74, 6) is -8.85. The molecule has 4 aliphatic rings. The molecule has 2 aromatic carbocycles. The lowest BCUT2D eigenvalue weighted by molar-refractivity contribution is -0.271. The molecule has 31 heteroatoms. The van der Waals surface area contributed by atoms with E-state index in [4.69, 9.17) is 45.9 Å². The normalized spacial score (nSPS) is 25.4. The van der Waals surface area contributed by atoms with Gasteiger partial charge in [-0.1, -0.05) is 56.2 Å². The summed E-state index contributed by atoms with van der Waals surface area (Å²) in [6.07, 6.45) is -7.24. The number of amides is 9. The molecule has 92 heavy (non-hydrogen) atoms. The van der Waals surface area contributed by atoms with Crippen LogP contribution in [0.3, 0.4) is 0 Å². The van der Waals surface area contributed by atoms with Gasteiger partial charge in [0.2, 0.25) is 30.0 Å². The number of aliphatic hydroxyl groups excluding tert-OH is 1. The number of fused-ring (bicyclic) bond motifs is 5. The number of methoxy groups -OCH3 is 2. The Morgan fingerprint density at radius 2 is 1.64 bits per heavy atom. The molecule has 506 valence electrons. The SMILES string of the molecule is COc1cc2cc(c1Cl)N(C)C(=O)C[C@H](OC(=O)[C@H](C)N(C)C(=O)c1ccc(NC(=O)[C@H](CCCNC(N)=O)NC(=O)[C@@H](NC(=O)CCCCC(=O)ON3C(=O)CCC3=O)C(C)C)c(C(F)(F)F)c1)[C@]1(C)O[C@H]1[C@H](C)[C@@H]1C[C@@](O)(NC(O)O1)[C@H](OC)/C=C/C=C(\C)C2. The fourth-order valence-electron chi connectivity index (χ4n) is 10.9. The number of rotatable bonds is 22. The number of nitrogens with one attached hydrogen (secondary N) is 5. The number of aliphatic hydroxyl groups is 2. The van der Waals surface area contributed by atoms with E-state index in [9.17, 15) is 58.2 Å². The van der Waals surface area contributed by atoms with Gasteiger partial charge in [-0.05, 0) is 94.7 Å². The third-order valence-electron chi connectivity index (χ3n) is 16.5. The monoisotopic (exact) mass is 1320 g/mol. The molecule has 0 saturated carbocycles. The van der Waals surface area contributed by atoms with Crippen LogP contribution >= 0.6 is 11.6 Å². The van der Waals surface area contributed by atoms with E-state index in [0.29, 0.717) is 23.1 Å². The lowest BCUT2D eigenvalue weighted by Gasteiger charge is -2.44. The lowest BCUT2D eigenvalue weighted by atomic mass is 9.83. The number of carbonyl (C=O) groups is 10. The largest absolute Gasteiger partial charge is 0.495 e. The molecule has 2 aromatic rings. The first kappa shape index (κ1) is 73.3. The Hall–Kier alpha value is -7.74. The van der Waals surface area contributed by atoms with Gasteiger partial charge in [-0.3, -0.25) is 33.6 Å². The van der Waals surface area contributed by atoms with Crippen LogP contribution in [0.4, 0.5) is 29.3 Å². The summed E-state index contributed by atoms with van der Waals surface area (Å²) in [6.45, 7) is 9.39. The van der Waals surface area contributed by atoms with Crippen molar-refractivity contribution in [2.24, 2.45) is 17.6 Å². The topological polar surface area (TPSA) is 366 Å². The third kappa shape index (κ3) is 18.5. The Labute approximate surface area is 534 Å². The summed E-state index contributed by atoms with van der Waals surface area (Å²) in [5.41, 5.74) is 0.601. The third-order valence-corrected chi connectivity index (χ3v) is 16.9. The maximum atomic E-state index is 15.1. The molecule has 0 aliphatic carbocycles. The van der Waals surface area contributed by atoms with Crippen LogP contribution in [0.25, 0.3) is 0 Å². The molecule has 9 amide bonds. The minimum Gasteiger partial charge on any atom is -0.495 e. The van der Waals surface area contributed by atoms with E-state index < -0.39 is 161 Å². The minimum absolute atomic E-state index is 0.0383. The minimum atomic E-state index is -5.24. The standard InChI is InChI=1S/C61H81ClF3N9O18/c1-31(2)51(70-45(75)18-11-12-19-49(79)92-74-46(76)22-23-47(74)77)54(81)69-39(16-14-24-67-57(66)84)53(80)68-38-21-20-36(28-37(38)61(63,64)65)55(82)72(7)34(5)56(83)90-44-29-48(78)73(8)40-26-35(27-41(87-9)50(40)62)25-32(3)15-13-17-43(88-10)60(86)30-42(89-58(85)71-60)33(4)52-59(44,6)91-52/h13,15,17,20-21,26-28,31,33-34,39,42-44,51-52,58,71,85-86H,11-12,14,16,18-19,22-25,29-30H2,1-10H3,(H,68,80)(H,69,81)(H,70,75)(H3,66,67,84)/b17-13+,32-15+/t33-,34+,39+,42+,43-,44+,51+,52+,58?,59+,60+/m1/s1. The number of benzene rings is 2. The smallest absolute Gasteiger partial charge is 0.418 e. The van der Waals surface area contributed by atoms with Crippen molar-refractivity contribution in [1.29, 1.82) is 0 Å². The first-order valence-corrected chi connectivity index (χ1v) is 30.2. The molecular weight excluding hydrogens is 1240 g/mol. The molecule has 1 unspecified atom stereocenters. The first-order valence-electron chi connectivity index (χ1n) is 29.8. The highest BCUT2D eigenvalue weighted by Gasteiger charge is 2.64. The fraction of sp³-hybridized carbons (Fsp3) is 0.574. The number of primary amides is 1. The molecule has 11 atom stereocenters. The van der Waals surface area contributed by atoms with Crippen molar-refractivity contribution < 1.29 is 99.9 Å². The number of anilines is 2. The van der Waals surface area contributed by atoms with E-state index >= 15 is 13.2 Å². The number of allylic oxidation sites excluding steroid dienone is 3. The van der Waals surface area contributed by atoms with Crippen LogP contribution in [0.5, 0.6) is 5.75 Å². The predicted molar refractivity (Wildman–Crippen MR) is 322 cm³/mol. The van der Waals surface area contributed by atoms with Crippen LogP contribution < -0.4 is 42.0 Å². The molecule has 0 aromatic heterocycles. The second-order valence-corrected chi connectivity index (χ2v) is 24.1. The fourth-order valence-corrected chi connectivity index (χ4v) is 11.2. The molecule has 0 radical (unpaired) electrons. The molecule has 6 rings (SSSR count). The van der Waals surface area contributed by atoms with Gasteiger partial charge in [-0.25, -0.2) is 19.7 Å². The molecule has 9 N–H and O–H groups in total. The number of epoxide rings is 1. The highest BCUT2D eigenvalue weighted by molar-refractivity contribution is 6.35. The number of urea groups is 1. The summed E-state index contributed by atoms with van der Waals surface area (Å²) in [4.78, 5) is 138. The molecule has 4 aliphatic heterocycles. The van der Waals surface area contributed by atoms with Crippen molar-refractivity contribution in [2.45, 2.75) is 179 Å². The summed E-state index contributed by atoms with van der Waals surface area (Å²) in [5, 5.41) is 35.5. The first-order chi connectivity index (χ1) is 43.1. The van der Waals surface area contributed by atoms with Crippen molar-refractivity contribution >= 4 is 82.3 Å². The zero-order valence-electron chi connectivity index (χ0n) is 52.7. The van der Waals surface area contributed by atoms with Crippen LogP contribution in [0.1, 0.15) is 127 Å². The molecule has 4 bridgehead atoms. The summed E-state index contributed by atoms with van der Waals surface area (Å²) in [6, 6.07) is 0.215. The number of esters is 1. The Morgan fingerprint density at radius 3 is 2.27 bits per heavy atom. The zero-order valence-corrected chi connectivity index (χ0v) is 53.5. The molecular formula is C61H81ClF3N9O18. The van der Waals surface area contributed by atoms with Gasteiger partial charge in [0.1, 0.15) is 46.7 Å². The van der Waals surface area contributed by atoms with E-state index in [1.807, 2.05) is 6.92 Å². The van der Waals surface area contributed by atoms with Gasteiger partial charge in [0, 0.05) is 71.3 Å². The zero-order chi connectivity index (χ0) is 68.3. The van der Waals surface area contributed by atoms with Gasteiger partial charge in [0.15, 0.2) is 5.72 Å². The van der Waals surface area contributed by atoms with Crippen LogP contribution in [-0.4, -0.2) is 175 Å². The number of likely N-dealkylation sites (N-methyl/N-ethyl adjacent to an activating group) is 1. The Morgan fingerprint density at radius 1 is 0.967 bits per heavy atom. The van der Waals surface area contributed by atoms with Gasteiger partial charge in [-0.2, -0.15) is 13.2 Å². The van der Waals surface area contributed by atoms with Crippen molar-refractivity contribution in [3.63, 3.8) is 0 Å². The summed E-state index contributed by atoms with van der Waals surface area (Å²) in [7, 11) is 5.37. The Kier molecular flexibility index (Phi) is 24.9. The highest BCUT2D eigenvalue weighted by atomic mass is 35.5. The predicted octanol–water partition coefficient (Wildman–Crippen LogP) is 4.18. The number of carbonyl (C=O) groups excluding carboxylic acids is 10. The maximum absolute atomic E-state index is 15.1. The summed E-state index contributed by atoms with van der Waals surface area (Å²) < 4.78 is 74.8. The van der Waals surface area contributed by atoms with Crippen LogP contribution in [0.15, 0.2) is 54.1 Å². The van der Waals surface area contributed by atoms with E-state index in [1.54, 1.807) is 58.1 Å². The lowest BCUT2D eigenvalue weighted by Crippen LogP contribution is -2.65. The number of ether oxygens (including phenoxy) is 5. The van der Waals surface area contributed by atoms with Crippen molar-refractivity contribution in [3.8, 4) is 5.75 Å². The average molecular weight is 1320 g/mol. The Balaban J connectivity index is 1.20. The summed E-state index contributed by atoms with van der Waals surface area (Å²) >= 11 is 6.82. The number of hydrogen-bond donors (Lipinski definition) is 8. The molecule has 0 spiro atoms. The van der Waals surface area contributed by atoms with E-state index in [0.717, 1.165) is 29.7 Å². The van der Waals surface area contributed by atoms with Gasteiger partial charge in [-0.15, -0.1) is 5.06 Å². The number of nitrogens with two attached hydrogens (primary N) is 1. The van der Waals surface area contributed by atoms with Gasteiger partial charge < -0.3 is 75.5 Å². The maximum Gasteiger partial charge on any atom is 0.418 e. The van der Waals surface area contributed by atoms with Gasteiger partial charge in [0.25, 0.3) is 17.7 Å². The highest BCUT2D eigenvalue weighted by Crippen LogP contribution is 2.49. The molecule has 3 saturated heterocycles. The van der Waals surface area contributed by atoms with Crippen LogP contribution in [0, 0.1) is 11.8 Å². The quantitative estimate of drug-likeness (QED) is 0.0355. The van der Waals surface area contributed by atoms with E-state index in [-0.39, 0.29) is 80.8 Å². The average Bonchev–Trinajstić information content (AvgIpc) is 1.56. The van der Waals surface area contributed by atoms with Gasteiger partial charge >= 0.3 is 24.1 Å². The second-order valence-electron chi connectivity index (χ2n) is 23.7. The number of hydroxylamine groups is 2. The number of unbranched alkanes of at least 4 members (excludes halogenated alkanes) is 1. The number of imide groups is 1. The van der Waals surface area contributed by atoms with Crippen LogP contribution in [0.2, 0.25) is 5.02 Å². The number of alkyl halides is 3. The van der Waals surface area contributed by atoms with Crippen molar-refractivity contribution in [2.75, 3.05) is 45.1 Å². The van der Waals surface area contributed by atoms with E-state index in [1.165, 1.54) is 33.1 Å². The number of nitrogens with zero attached hydrogens (tertiary/aromatic N) is 3. The number of halogens is 4. The second kappa shape index (κ2) is 31.3.